The van der Waals surface area contributed by atoms with Crippen molar-refractivity contribution < 1.29 is 4.79 Å². The van der Waals surface area contributed by atoms with Gasteiger partial charge in [0.2, 0.25) is 5.91 Å². The van der Waals surface area contributed by atoms with E-state index in [1.807, 2.05) is 18.2 Å². The van der Waals surface area contributed by atoms with E-state index in [4.69, 9.17) is 11.6 Å². The normalized spacial score (nSPS) is 22.0. The van der Waals surface area contributed by atoms with Gasteiger partial charge in [-0.2, -0.15) is 0 Å². The monoisotopic (exact) mass is 360 g/mol. The second-order valence-corrected chi connectivity index (χ2v) is 7.87. The Morgan fingerprint density at radius 1 is 1.12 bits per heavy atom. The molecule has 1 aliphatic carbocycles. The SMILES string of the molecule is O=C(CCC1CCN(CC2CC=CCC2)CC1)Nc1ccccc1Cl. The topological polar surface area (TPSA) is 32.3 Å². The van der Waals surface area contributed by atoms with Crippen molar-refractivity contribution in [2.45, 2.75) is 44.9 Å². The maximum Gasteiger partial charge on any atom is 0.224 e. The number of likely N-dealkylation sites (tertiary alicyclic amines) is 1. The zero-order chi connectivity index (χ0) is 17.5. The fourth-order valence-corrected chi connectivity index (χ4v) is 4.14. The third kappa shape index (κ3) is 5.86. The molecular formula is C21H29ClN2O. The number of nitrogens with zero attached hydrogens (tertiary/aromatic N) is 1. The predicted octanol–water partition coefficient (Wildman–Crippen LogP) is 5.13. The molecule has 1 aromatic carbocycles. The Morgan fingerprint density at radius 2 is 1.92 bits per heavy atom. The summed E-state index contributed by atoms with van der Waals surface area (Å²) in [6, 6.07) is 7.41. The molecule has 1 saturated heterocycles. The third-order valence-electron chi connectivity index (χ3n) is 5.53. The molecular weight excluding hydrogens is 332 g/mol. The minimum absolute atomic E-state index is 0.0736. The first kappa shape index (κ1) is 18.5. The van der Waals surface area contributed by atoms with E-state index in [1.54, 1.807) is 6.07 Å². The molecule has 1 unspecified atom stereocenters. The molecule has 3 rings (SSSR count). The first-order valence-electron chi connectivity index (χ1n) is 9.62. The molecule has 136 valence electrons. The number of rotatable bonds is 6. The number of piperidine rings is 1. The average molecular weight is 361 g/mol. The molecule has 0 spiro atoms. The predicted molar refractivity (Wildman–Crippen MR) is 105 cm³/mol. The first-order valence-corrected chi connectivity index (χ1v) is 10.00. The van der Waals surface area contributed by atoms with E-state index in [2.05, 4.69) is 22.4 Å². The number of carbonyl (C=O) groups is 1. The molecule has 4 heteroatoms. The smallest absolute Gasteiger partial charge is 0.224 e. The van der Waals surface area contributed by atoms with Crippen molar-refractivity contribution in [2.75, 3.05) is 25.0 Å². The van der Waals surface area contributed by atoms with Gasteiger partial charge in [0.05, 0.1) is 10.7 Å². The molecule has 2 aliphatic rings. The zero-order valence-corrected chi connectivity index (χ0v) is 15.7. The Balaban J connectivity index is 1.34. The summed E-state index contributed by atoms with van der Waals surface area (Å²) in [5.41, 5.74) is 0.713. The van der Waals surface area contributed by atoms with E-state index < -0.39 is 0 Å². The van der Waals surface area contributed by atoms with Crippen LogP contribution in [0.1, 0.15) is 44.9 Å². The summed E-state index contributed by atoms with van der Waals surface area (Å²) < 4.78 is 0. The second-order valence-electron chi connectivity index (χ2n) is 7.46. The van der Waals surface area contributed by atoms with E-state index in [0.29, 0.717) is 23.0 Å². The molecule has 1 heterocycles. The summed E-state index contributed by atoms with van der Waals surface area (Å²) in [5.74, 6) is 1.60. The molecule has 1 fully saturated rings. The standard InChI is InChI=1S/C21H29ClN2O/c22-19-8-4-5-9-20(19)23-21(25)11-10-17-12-14-24(15-13-17)16-18-6-2-1-3-7-18/h1-2,4-5,8-9,17-18H,3,6-7,10-16H2,(H,23,25). The zero-order valence-electron chi connectivity index (χ0n) is 14.9. The van der Waals surface area contributed by atoms with Crippen LogP contribution in [0, 0.1) is 11.8 Å². The minimum atomic E-state index is 0.0736. The largest absolute Gasteiger partial charge is 0.325 e. The fourth-order valence-electron chi connectivity index (χ4n) is 3.96. The first-order chi connectivity index (χ1) is 12.2. The van der Waals surface area contributed by atoms with Crippen molar-refractivity contribution in [1.82, 2.24) is 4.90 Å². The number of hydrogen-bond donors (Lipinski definition) is 1. The van der Waals surface area contributed by atoms with Crippen molar-refractivity contribution in [1.29, 1.82) is 0 Å². The highest BCUT2D eigenvalue weighted by molar-refractivity contribution is 6.33. The number of benzene rings is 1. The van der Waals surface area contributed by atoms with Gasteiger partial charge in [-0.05, 0) is 75.6 Å². The van der Waals surface area contributed by atoms with Crippen LogP contribution in [0.2, 0.25) is 5.02 Å². The number of hydrogen-bond acceptors (Lipinski definition) is 2. The summed E-state index contributed by atoms with van der Waals surface area (Å²) in [6.07, 6.45) is 12.5. The number of amides is 1. The molecule has 1 aromatic rings. The molecule has 0 aromatic heterocycles. The lowest BCUT2D eigenvalue weighted by Crippen LogP contribution is -2.37. The maximum atomic E-state index is 12.1. The van der Waals surface area contributed by atoms with E-state index in [0.717, 1.165) is 12.3 Å². The van der Waals surface area contributed by atoms with Crippen molar-refractivity contribution in [2.24, 2.45) is 11.8 Å². The van der Waals surface area contributed by atoms with E-state index in [9.17, 15) is 4.79 Å². The van der Waals surface area contributed by atoms with E-state index in [-0.39, 0.29) is 5.91 Å². The van der Waals surface area contributed by atoms with Crippen molar-refractivity contribution in [3.05, 3.63) is 41.4 Å². The van der Waals surface area contributed by atoms with Crippen LogP contribution in [0.3, 0.4) is 0 Å². The van der Waals surface area contributed by atoms with Crippen LogP contribution >= 0.6 is 11.6 Å². The maximum absolute atomic E-state index is 12.1. The van der Waals surface area contributed by atoms with Crippen LogP contribution in [0.4, 0.5) is 5.69 Å². The highest BCUT2D eigenvalue weighted by atomic mass is 35.5. The summed E-state index contributed by atoms with van der Waals surface area (Å²) >= 11 is 6.09. The summed E-state index contributed by atoms with van der Waals surface area (Å²) in [5, 5.41) is 3.52. The van der Waals surface area contributed by atoms with Gasteiger partial charge in [-0.1, -0.05) is 35.9 Å². The van der Waals surface area contributed by atoms with Crippen LogP contribution in [-0.2, 0) is 4.79 Å². The van der Waals surface area contributed by atoms with Crippen LogP contribution in [0.5, 0.6) is 0 Å². The number of para-hydroxylation sites is 1. The van der Waals surface area contributed by atoms with Gasteiger partial charge >= 0.3 is 0 Å². The molecule has 1 atom stereocenters. The number of halogens is 1. The summed E-state index contributed by atoms with van der Waals surface area (Å²) in [4.78, 5) is 14.8. The lowest BCUT2D eigenvalue weighted by Gasteiger charge is -2.34. The van der Waals surface area contributed by atoms with Gasteiger partial charge in [0.1, 0.15) is 0 Å². The quantitative estimate of drug-likeness (QED) is 0.713. The summed E-state index contributed by atoms with van der Waals surface area (Å²) in [6.45, 7) is 3.64. The van der Waals surface area contributed by atoms with Gasteiger partial charge in [0.15, 0.2) is 0 Å². The van der Waals surface area contributed by atoms with Crippen LogP contribution in [0.15, 0.2) is 36.4 Å². The number of anilines is 1. The van der Waals surface area contributed by atoms with Gasteiger partial charge in [0, 0.05) is 13.0 Å². The van der Waals surface area contributed by atoms with Gasteiger partial charge in [0.25, 0.3) is 0 Å². The van der Waals surface area contributed by atoms with Crippen LogP contribution < -0.4 is 5.32 Å². The van der Waals surface area contributed by atoms with Crippen molar-refractivity contribution in [3.8, 4) is 0 Å². The molecule has 1 amide bonds. The third-order valence-corrected chi connectivity index (χ3v) is 5.86. The molecule has 3 nitrogen and oxygen atoms in total. The van der Waals surface area contributed by atoms with Gasteiger partial charge < -0.3 is 10.2 Å². The summed E-state index contributed by atoms with van der Waals surface area (Å²) in [7, 11) is 0. The number of allylic oxidation sites excluding steroid dienone is 2. The number of carbonyl (C=O) groups excluding carboxylic acids is 1. The Labute approximate surface area is 156 Å². The Hall–Kier alpha value is -1.32. The lowest BCUT2D eigenvalue weighted by molar-refractivity contribution is -0.116. The fraction of sp³-hybridized carbons (Fsp3) is 0.571. The number of nitrogens with one attached hydrogen (secondary N) is 1. The Kier molecular flexibility index (Phi) is 6.94. The molecule has 0 bridgehead atoms. The van der Waals surface area contributed by atoms with Crippen LogP contribution in [0.25, 0.3) is 0 Å². The van der Waals surface area contributed by atoms with Crippen molar-refractivity contribution in [3.63, 3.8) is 0 Å². The van der Waals surface area contributed by atoms with Gasteiger partial charge in [-0.15, -0.1) is 0 Å². The highest BCUT2D eigenvalue weighted by Crippen LogP contribution is 2.26. The Morgan fingerprint density at radius 3 is 2.64 bits per heavy atom. The lowest BCUT2D eigenvalue weighted by atomic mass is 9.89. The second kappa shape index (κ2) is 9.40. The molecule has 0 radical (unpaired) electrons. The molecule has 1 aliphatic heterocycles. The molecule has 1 N–H and O–H groups in total. The minimum Gasteiger partial charge on any atom is -0.325 e. The van der Waals surface area contributed by atoms with E-state index in [1.165, 1.54) is 51.7 Å². The van der Waals surface area contributed by atoms with Crippen molar-refractivity contribution >= 4 is 23.2 Å². The van der Waals surface area contributed by atoms with Gasteiger partial charge in [-0.25, -0.2) is 0 Å². The van der Waals surface area contributed by atoms with Crippen LogP contribution in [-0.4, -0.2) is 30.4 Å². The molecule has 25 heavy (non-hydrogen) atoms. The Bertz CT molecular complexity index is 593. The highest BCUT2D eigenvalue weighted by Gasteiger charge is 2.22. The average Bonchev–Trinajstić information content (AvgIpc) is 2.64. The van der Waals surface area contributed by atoms with Gasteiger partial charge in [-0.3, -0.25) is 4.79 Å². The molecule has 0 saturated carbocycles. The van der Waals surface area contributed by atoms with E-state index >= 15 is 0 Å².